The molecule has 1 aromatic heterocycles. The fraction of sp³-hybridized carbons (Fsp3) is 0.357. The second kappa shape index (κ2) is 12.8. The minimum absolute atomic E-state index is 0.252. The topological polar surface area (TPSA) is 55.2 Å². The van der Waals surface area contributed by atoms with Crippen molar-refractivity contribution in [2.45, 2.75) is 58.5 Å². The Morgan fingerprint density at radius 1 is 0.875 bits per heavy atom. The Balaban J connectivity index is 1.45. The van der Waals surface area contributed by atoms with Gasteiger partial charge in [-0.2, -0.15) is 0 Å². The van der Waals surface area contributed by atoms with E-state index in [0.717, 1.165) is 42.6 Å². The predicted molar refractivity (Wildman–Crippen MR) is 132 cm³/mol. The zero-order chi connectivity index (χ0) is 22.6. The average molecular weight is 431 g/mol. The molecule has 2 aromatic carbocycles. The minimum atomic E-state index is 0.252. The van der Waals surface area contributed by atoms with E-state index in [9.17, 15) is 5.11 Å². The lowest BCUT2D eigenvalue weighted by Crippen LogP contribution is -2.08. The van der Waals surface area contributed by atoms with Gasteiger partial charge in [-0.15, -0.1) is 0 Å². The lowest BCUT2D eigenvalue weighted by molar-refractivity contribution is 0.0566. The summed E-state index contributed by atoms with van der Waals surface area (Å²) in [5.41, 5.74) is 4.08. The van der Waals surface area contributed by atoms with Gasteiger partial charge in [0.25, 0.3) is 0 Å². The first-order chi connectivity index (χ1) is 15.7. The highest BCUT2D eigenvalue weighted by molar-refractivity contribution is 5.65. The maximum absolute atomic E-state index is 9.42. The predicted octanol–water partition coefficient (Wildman–Crippen LogP) is 7.30. The van der Waals surface area contributed by atoms with Crippen molar-refractivity contribution in [1.29, 1.82) is 0 Å². The van der Waals surface area contributed by atoms with Crippen LogP contribution in [0.5, 0.6) is 5.75 Å². The molecule has 1 atom stereocenters. The van der Waals surface area contributed by atoms with Crippen LogP contribution in [0, 0.1) is 0 Å². The molecule has 0 amide bonds. The van der Waals surface area contributed by atoms with Crippen molar-refractivity contribution in [2.75, 3.05) is 6.61 Å². The van der Waals surface area contributed by atoms with E-state index in [0.29, 0.717) is 11.9 Å². The van der Waals surface area contributed by atoms with Crippen LogP contribution in [0.2, 0.25) is 0 Å². The Bertz CT molecular complexity index is 948. The first kappa shape index (κ1) is 23.7. The normalized spacial score (nSPS) is 12.3. The number of ether oxygens (including phenoxy) is 1. The molecule has 4 nitrogen and oxygen atoms in total. The number of allylic oxidation sites excluding steroid dienone is 1. The molecule has 1 N–H and O–H groups in total. The van der Waals surface area contributed by atoms with Crippen LogP contribution in [-0.4, -0.2) is 27.8 Å². The number of hydrogen-bond acceptors (Lipinski definition) is 4. The number of phenols is 1. The van der Waals surface area contributed by atoms with Gasteiger partial charge in [-0.05, 0) is 55.9 Å². The van der Waals surface area contributed by atoms with Crippen LogP contribution in [0.4, 0.5) is 0 Å². The summed E-state index contributed by atoms with van der Waals surface area (Å²) in [5.74, 6) is 0.956. The second-order valence-corrected chi connectivity index (χ2v) is 8.19. The third kappa shape index (κ3) is 7.61. The fourth-order valence-electron chi connectivity index (χ4n) is 3.49. The maximum atomic E-state index is 9.42. The molecule has 0 aliphatic rings. The molecule has 0 fully saturated rings. The third-order valence-electron chi connectivity index (χ3n) is 5.46. The molecule has 0 saturated heterocycles. The number of hydrogen-bond donors (Lipinski definition) is 1. The minimum Gasteiger partial charge on any atom is -0.508 e. The van der Waals surface area contributed by atoms with E-state index >= 15 is 0 Å². The molecule has 1 heterocycles. The van der Waals surface area contributed by atoms with E-state index in [1.165, 1.54) is 24.8 Å². The molecule has 4 heteroatoms. The largest absolute Gasteiger partial charge is 0.508 e. The lowest BCUT2D eigenvalue weighted by Gasteiger charge is -2.11. The summed E-state index contributed by atoms with van der Waals surface area (Å²) in [4.78, 5) is 9.02. The van der Waals surface area contributed by atoms with Gasteiger partial charge < -0.3 is 9.84 Å². The van der Waals surface area contributed by atoms with E-state index in [2.05, 4.69) is 60.2 Å². The number of phenolic OH excluding ortho intramolecular Hbond substituents is 1. The quantitative estimate of drug-likeness (QED) is 0.306. The van der Waals surface area contributed by atoms with Crippen LogP contribution in [-0.2, 0) is 4.74 Å². The highest BCUT2D eigenvalue weighted by atomic mass is 16.5. The molecule has 0 aliphatic heterocycles. The van der Waals surface area contributed by atoms with Gasteiger partial charge in [0, 0.05) is 30.1 Å². The molecule has 0 aliphatic carbocycles. The maximum Gasteiger partial charge on any atom is 0.159 e. The van der Waals surface area contributed by atoms with Crippen molar-refractivity contribution in [3.05, 3.63) is 72.6 Å². The number of benzene rings is 2. The molecular formula is C28H34N2O2. The molecule has 3 aromatic rings. The number of unbranched alkanes of at least 4 members (excludes halogenated alkanes) is 3. The van der Waals surface area contributed by atoms with Crippen molar-refractivity contribution < 1.29 is 9.84 Å². The summed E-state index contributed by atoms with van der Waals surface area (Å²) in [7, 11) is 0. The Labute approximate surface area is 192 Å². The van der Waals surface area contributed by atoms with E-state index in [4.69, 9.17) is 4.74 Å². The summed E-state index contributed by atoms with van der Waals surface area (Å²) in [6, 6.07) is 15.4. The molecular weight excluding hydrogens is 396 g/mol. The van der Waals surface area contributed by atoms with Gasteiger partial charge in [0.15, 0.2) is 5.82 Å². The molecule has 0 spiro atoms. The first-order valence-electron chi connectivity index (χ1n) is 11.7. The summed E-state index contributed by atoms with van der Waals surface area (Å²) in [6.45, 7) is 5.28. The molecule has 168 valence electrons. The number of nitrogens with zero attached hydrogens (tertiary/aromatic N) is 2. The van der Waals surface area contributed by atoms with Gasteiger partial charge in [-0.25, -0.2) is 9.97 Å². The Kier molecular flexibility index (Phi) is 9.45. The Hall–Kier alpha value is -2.98. The number of aromatic hydroxyl groups is 1. The Morgan fingerprint density at radius 2 is 1.56 bits per heavy atom. The van der Waals surface area contributed by atoms with Crippen molar-refractivity contribution >= 4 is 6.08 Å². The number of rotatable bonds is 12. The standard InChI is InChI=1S/C28H34N2O2/c1-3-4-8-19-32-22(2)9-6-5-7-10-23-11-13-25(14-12-23)28-29-20-26(21-30-28)24-15-17-27(31)18-16-24/h7,10-18,20-22,31H,3-6,8-9,19H2,1-2H3/b10-7+. The van der Waals surface area contributed by atoms with Crippen LogP contribution < -0.4 is 0 Å². The van der Waals surface area contributed by atoms with E-state index in [1.54, 1.807) is 12.1 Å². The monoisotopic (exact) mass is 430 g/mol. The smallest absolute Gasteiger partial charge is 0.159 e. The zero-order valence-electron chi connectivity index (χ0n) is 19.2. The van der Waals surface area contributed by atoms with Crippen LogP contribution >= 0.6 is 0 Å². The van der Waals surface area contributed by atoms with E-state index in [1.807, 2.05) is 24.5 Å². The van der Waals surface area contributed by atoms with Gasteiger partial charge >= 0.3 is 0 Å². The number of aromatic nitrogens is 2. The van der Waals surface area contributed by atoms with Crippen LogP contribution in [0.1, 0.15) is 57.9 Å². The summed E-state index contributed by atoms with van der Waals surface area (Å²) in [6.07, 6.45) is 15.4. The van der Waals surface area contributed by atoms with Gasteiger partial charge in [0.1, 0.15) is 5.75 Å². The molecule has 1 unspecified atom stereocenters. The van der Waals surface area contributed by atoms with E-state index < -0.39 is 0 Å². The molecule has 0 bridgehead atoms. The molecule has 0 radical (unpaired) electrons. The first-order valence-corrected chi connectivity index (χ1v) is 11.7. The van der Waals surface area contributed by atoms with Crippen LogP contribution in [0.3, 0.4) is 0 Å². The Morgan fingerprint density at radius 3 is 2.25 bits per heavy atom. The fourth-order valence-corrected chi connectivity index (χ4v) is 3.49. The summed E-state index contributed by atoms with van der Waals surface area (Å²) >= 11 is 0. The highest BCUT2D eigenvalue weighted by Crippen LogP contribution is 2.23. The van der Waals surface area contributed by atoms with E-state index in [-0.39, 0.29) is 5.75 Å². The van der Waals surface area contributed by atoms with Crippen LogP contribution in [0.15, 0.2) is 67.0 Å². The SMILES string of the molecule is CCCCCOC(C)CCC/C=C/c1ccc(-c2ncc(-c3ccc(O)cc3)cn2)cc1. The van der Waals surface area contributed by atoms with Gasteiger partial charge in [0.05, 0.1) is 6.10 Å². The summed E-state index contributed by atoms with van der Waals surface area (Å²) in [5, 5.41) is 9.42. The molecule has 3 rings (SSSR count). The van der Waals surface area contributed by atoms with Gasteiger partial charge in [-0.3, -0.25) is 0 Å². The van der Waals surface area contributed by atoms with Crippen molar-refractivity contribution in [3.8, 4) is 28.3 Å². The van der Waals surface area contributed by atoms with Crippen molar-refractivity contribution in [3.63, 3.8) is 0 Å². The van der Waals surface area contributed by atoms with Crippen LogP contribution in [0.25, 0.3) is 28.6 Å². The second-order valence-electron chi connectivity index (χ2n) is 8.19. The van der Waals surface area contributed by atoms with Crippen molar-refractivity contribution in [2.24, 2.45) is 0 Å². The lowest BCUT2D eigenvalue weighted by atomic mass is 10.1. The highest BCUT2D eigenvalue weighted by Gasteiger charge is 2.04. The van der Waals surface area contributed by atoms with Gasteiger partial charge in [0.2, 0.25) is 0 Å². The molecule has 0 saturated carbocycles. The zero-order valence-corrected chi connectivity index (χ0v) is 19.2. The summed E-state index contributed by atoms with van der Waals surface area (Å²) < 4.78 is 5.86. The van der Waals surface area contributed by atoms with Gasteiger partial charge in [-0.1, -0.05) is 68.3 Å². The van der Waals surface area contributed by atoms with Crippen molar-refractivity contribution in [1.82, 2.24) is 9.97 Å². The third-order valence-corrected chi connectivity index (χ3v) is 5.46. The molecule has 32 heavy (non-hydrogen) atoms. The average Bonchev–Trinajstić information content (AvgIpc) is 2.83.